The van der Waals surface area contributed by atoms with Crippen LogP contribution in [0.1, 0.15) is 40.0 Å². The summed E-state index contributed by atoms with van der Waals surface area (Å²) in [4.78, 5) is 14.2. The first kappa shape index (κ1) is 12.9. The van der Waals surface area contributed by atoms with Crippen LogP contribution in [-0.2, 0) is 4.79 Å². The maximum Gasteiger partial charge on any atom is 0.236 e. The second-order valence-corrected chi connectivity index (χ2v) is 6.18. The van der Waals surface area contributed by atoms with Gasteiger partial charge in [-0.2, -0.15) is 0 Å². The Balaban J connectivity index is 1.78. The summed E-state index contributed by atoms with van der Waals surface area (Å²) in [6, 6.07) is 0.404. The molecule has 0 aromatic heterocycles. The summed E-state index contributed by atoms with van der Waals surface area (Å²) in [5.41, 5.74) is 0. The van der Waals surface area contributed by atoms with Crippen LogP contribution < -0.4 is 5.32 Å². The second-order valence-electron chi connectivity index (χ2n) is 6.18. The van der Waals surface area contributed by atoms with Crippen LogP contribution in [0.5, 0.6) is 0 Å². The SMILES string of the molecule is CC1CC(C)C(C)N(C(=O)CNCC2CC2)C1. The molecule has 2 aliphatic rings. The normalized spacial score (nSPS) is 33.8. The van der Waals surface area contributed by atoms with Crippen LogP contribution in [0.25, 0.3) is 0 Å². The van der Waals surface area contributed by atoms with E-state index >= 15 is 0 Å². The molecule has 0 bridgehead atoms. The third-order valence-corrected chi connectivity index (χ3v) is 4.32. The van der Waals surface area contributed by atoms with E-state index < -0.39 is 0 Å². The molecule has 1 amide bonds. The van der Waals surface area contributed by atoms with Crippen molar-refractivity contribution in [2.24, 2.45) is 17.8 Å². The van der Waals surface area contributed by atoms with Crippen molar-refractivity contribution >= 4 is 5.91 Å². The van der Waals surface area contributed by atoms with Crippen LogP contribution in [0.15, 0.2) is 0 Å². The van der Waals surface area contributed by atoms with Gasteiger partial charge in [-0.3, -0.25) is 4.79 Å². The molecular formula is C14H26N2O. The zero-order valence-electron chi connectivity index (χ0n) is 11.4. The molecule has 0 spiro atoms. The van der Waals surface area contributed by atoms with Crippen LogP contribution in [-0.4, -0.2) is 36.5 Å². The van der Waals surface area contributed by atoms with E-state index in [2.05, 4.69) is 31.0 Å². The molecule has 2 rings (SSSR count). The lowest BCUT2D eigenvalue weighted by atomic mass is 9.86. The molecule has 0 radical (unpaired) electrons. The Hall–Kier alpha value is -0.570. The van der Waals surface area contributed by atoms with Crippen molar-refractivity contribution in [2.45, 2.75) is 46.1 Å². The predicted molar refractivity (Wildman–Crippen MR) is 69.7 cm³/mol. The summed E-state index contributed by atoms with van der Waals surface area (Å²) in [7, 11) is 0. The molecule has 1 saturated heterocycles. The molecule has 1 saturated carbocycles. The van der Waals surface area contributed by atoms with E-state index in [0.717, 1.165) is 19.0 Å². The zero-order valence-corrected chi connectivity index (χ0v) is 11.4. The van der Waals surface area contributed by atoms with Crippen molar-refractivity contribution in [3.63, 3.8) is 0 Å². The maximum atomic E-state index is 12.2. The lowest BCUT2D eigenvalue weighted by Crippen LogP contribution is -2.51. The van der Waals surface area contributed by atoms with E-state index in [-0.39, 0.29) is 5.91 Å². The lowest BCUT2D eigenvalue weighted by Gasteiger charge is -2.41. The molecule has 17 heavy (non-hydrogen) atoms. The summed E-state index contributed by atoms with van der Waals surface area (Å²) in [5.74, 6) is 2.41. The standard InChI is InChI=1S/C14H26N2O/c1-10-6-11(2)12(3)16(9-10)14(17)8-15-7-13-4-5-13/h10-13,15H,4-9H2,1-3H3. The number of carbonyl (C=O) groups is 1. The van der Waals surface area contributed by atoms with Crippen LogP contribution in [0.3, 0.4) is 0 Å². The molecule has 3 unspecified atom stereocenters. The first-order chi connectivity index (χ1) is 8.08. The van der Waals surface area contributed by atoms with Gasteiger partial charge >= 0.3 is 0 Å². The molecule has 0 aromatic rings. The van der Waals surface area contributed by atoms with Gasteiger partial charge in [0.05, 0.1) is 6.54 Å². The van der Waals surface area contributed by atoms with E-state index in [1.807, 2.05) is 0 Å². The highest BCUT2D eigenvalue weighted by atomic mass is 16.2. The first-order valence-corrected chi connectivity index (χ1v) is 7.08. The Morgan fingerprint density at radius 1 is 1.29 bits per heavy atom. The number of hydrogen-bond acceptors (Lipinski definition) is 2. The van der Waals surface area contributed by atoms with Gasteiger partial charge in [0.15, 0.2) is 0 Å². The minimum absolute atomic E-state index is 0.288. The molecule has 1 heterocycles. The highest BCUT2D eigenvalue weighted by Gasteiger charge is 2.31. The number of rotatable bonds is 4. The number of likely N-dealkylation sites (tertiary alicyclic amines) is 1. The molecule has 3 heteroatoms. The first-order valence-electron chi connectivity index (χ1n) is 7.08. The van der Waals surface area contributed by atoms with Gasteiger partial charge in [0.25, 0.3) is 0 Å². The Labute approximate surface area is 105 Å². The Morgan fingerprint density at radius 2 is 2.00 bits per heavy atom. The van der Waals surface area contributed by atoms with Crippen LogP contribution >= 0.6 is 0 Å². The van der Waals surface area contributed by atoms with Gasteiger partial charge in [0.1, 0.15) is 0 Å². The van der Waals surface area contributed by atoms with E-state index in [0.29, 0.717) is 24.4 Å². The van der Waals surface area contributed by atoms with Gasteiger partial charge in [-0.25, -0.2) is 0 Å². The molecule has 1 N–H and O–H groups in total. The van der Waals surface area contributed by atoms with E-state index in [9.17, 15) is 4.79 Å². The van der Waals surface area contributed by atoms with Crippen molar-refractivity contribution in [1.82, 2.24) is 10.2 Å². The minimum Gasteiger partial charge on any atom is -0.338 e. The van der Waals surface area contributed by atoms with Crippen molar-refractivity contribution in [3.05, 3.63) is 0 Å². The van der Waals surface area contributed by atoms with E-state index in [4.69, 9.17) is 0 Å². The molecule has 0 aromatic carbocycles. The van der Waals surface area contributed by atoms with Gasteiger partial charge in [-0.1, -0.05) is 13.8 Å². The Bertz CT molecular complexity index is 275. The second kappa shape index (κ2) is 5.38. The maximum absolute atomic E-state index is 12.2. The van der Waals surface area contributed by atoms with Crippen molar-refractivity contribution in [2.75, 3.05) is 19.6 Å². The molecule has 98 valence electrons. The number of carbonyl (C=O) groups excluding carboxylic acids is 1. The fourth-order valence-electron chi connectivity index (χ4n) is 2.85. The van der Waals surface area contributed by atoms with Gasteiger partial charge in [-0.05, 0) is 50.5 Å². The smallest absolute Gasteiger partial charge is 0.236 e. The molecule has 3 nitrogen and oxygen atoms in total. The molecule has 2 fully saturated rings. The average Bonchev–Trinajstić information content (AvgIpc) is 3.07. The van der Waals surface area contributed by atoms with E-state index in [1.165, 1.54) is 19.3 Å². The molecule has 3 atom stereocenters. The highest BCUT2D eigenvalue weighted by molar-refractivity contribution is 5.78. The van der Waals surface area contributed by atoms with Crippen molar-refractivity contribution in [1.29, 1.82) is 0 Å². The minimum atomic E-state index is 0.288. The largest absolute Gasteiger partial charge is 0.338 e. The van der Waals surface area contributed by atoms with Gasteiger partial charge in [0.2, 0.25) is 5.91 Å². The van der Waals surface area contributed by atoms with Crippen LogP contribution in [0.2, 0.25) is 0 Å². The topological polar surface area (TPSA) is 32.3 Å². The fourth-order valence-corrected chi connectivity index (χ4v) is 2.85. The third kappa shape index (κ3) is 3.44. The zero-order chi connectivity index (χ0) is 12.4. The predicted octanol–water partition coefficient (Wildman–Crippen LogP) is 1.88. The average molecular weight is 238 g/mol. The van der Waals surface area contributed by atoms with Crippen LogP contribution in [0, 0.1) is 17.8 Å². The third-order valence-electron chi connectivity index (χ3n) is 4.32. The monoisotopic (exact) mass is 238 g/mol. The number of nitrogens with zero attached hydrogens (tertiary/aromatic N) is 1. The van der Waals surface area contributed by atoms with Crippen LogP contribution in [0.4, 0.5) is 0 Å². The summed E-state index contributed by atoms with van der Waals surface area (Å²) < 4.78 is 0. The van der Waals surface area contributed by atoms with E-state index in [1.54, 1.807) is 0 Å². The van der Waals surface area contributed by atoms with Gasteiger partial charge < -0.3 is 10.2 Å². The number of piperidine rings is 1. The van der Waals surface area contributed by atoms with Gasteiger partial charge in [-0.15, -0.1) is 0 Å². The summed E-state index contributed by atoms with van der Waals surface area (Å²) in [5, 5.41) is 3.30. The highest BCUT2D eigenvalue weighted by Crippen LogP contribution is 2.28. The summed E-state index contributed by atoms with van der Waals surface area (Å²) >= 11 is 0. The summed E-state index contributed by atoms with van der Waals surface area (Å²) in [6.45, 7) is 9.20. The summed E-state index contributed by atoms with van der Waals surface area (Å²) in [6.07, 6.45) is 3.94. The quantitative estimate of drug-likeness (QED) is 0.811. The number of hydrogen-bond donors (Lipinski definition) is 1. The van der Waals surface area contributed by atoms with Gasteiger partial charge in [0, 0.05) is 12.6 Å². The Morgan fingerprint density at radius 3 is 2.65 bits per heavy atom. The molecule has 1 aliphatic heterocycles. The molecular weight excluding hydrogens is 212 g/mol. The fraction of sp³-hybridized carbons (Fsp3) is 0.929. The van der Waals surface area contributed by atoms with Crippen molar-refractivity contribution in [3.8, 4) is 0 Å². The Kier molecular flexibility index (Phi) is 4.08. The number of nitrogens with one attached hydrogen (secondary N) is 1. The molecule has 1 aliphatic carbocycles. The van der Waals surface area contributed by atoms with Crippen molar-refractivity contribution < 1.29 is 4.79 Å². The lowest BCUT2D eigenvalue weighted by molar-refractivity contribution is -0.136. The number of amides is 1.